The summed E-state index contributed by atoms with van der Waals surface area (Å²) in [5.74, 6) is 5.12. The van der Waals surface area contributed by atoms with Crippen LogP contribution in [-0.2, 0) is 6.18 Å². The summed E-state index contributed by atoms with van der Waals surface area (Å²) in [6, 6.07) is 2.66. The number of rotatable bonds is 2. The molecule has 0 radical (unpaired) electrons. The van der Waals surface area contributed by atoms with Crippen molar-refractivity contribution in [2.45, 2.75) is 6.18 Å². The van der Waals surface area contributed by atoms with E-state index in [-0.39, 0.29) is 32.9 Å². The third-order valence-corrected chi connectivity index (χ3v) is 3.30. The summed E-state index contributed by atoms with van der Waals surface area (Å²) < 4.78 is 43.4. The average Bonchev–Trinajstić information content (AvgIpc) is 2.44. The number of ether oxygens (including phenoxy) is 1. The molecule has 0 aliphatic carbocycles. The zero-order chi connectivity index (χ0) is 17.5. The second-order valence-electron chi connectivity index (χ2n) is 4.37. The number of benzene rings is 1. The summed E-state index contributed by atoms with van der Waals surface area (Å²) >= 11 is 5.84. The predicted molar refractivity (Wildman–Crippen MR) is 77.4 cm³/mol. The molecule has 0 atom stereocenters. The maximum Gasteiger partial charge on any atom is 0.433 e. The number of anilines is 1. The minimum Gasteiger partial charge on any atom is -0.493 e. The number of alkyl halides is 3. The molecule has 0 aliphatic heterocycles. The van der Waals surface area contributed by atoms with E-state index < -0.39 is 23.1 Å². The van der Waals surface area contributed by atoms with Crippen LogP contribution in [0.1, 0.15) is 5.69 Å². The normalized spacial score (nSPS) is 11.5. The lowest BCUT2D eigenvalue weighted by Gasteiger charge is -2.16. The van der Waals surface area contributed by atoms with Gasteiger partial charge in [-0.15, -0.1) is 0 Å². The van der Waals surface area contributed by atoms with E-state index in [1.807, 2.05) is 0 Å². The van der Waals surface area contributed by atoms with Gasteiger partial charge < -0.3 is 16.3 Å². The Morgan fingerprint density at radius 3 is 2.39 bits per heavy atom. The van der Waals surface area contributed by atoms with Crippen LogP contribution in [0.4, 0.5) is 18.9 Å². The second kappa shape index (κ2) is 5.54. The molecular weight excluding hydrogens is 341 g/mol. The van der Waals surface area contributed by atoms with Gasteiger partial charge in [0.25, 0.3) is 5.56 Å². The van der Waals surface area contributed by atoms with Gasteiger partial charge in [0.2, 0.25) is 0 Å². The number of hydrogen-bond donors (Lipinski definition) is 2. The van der Waals surface area contributed by atoms with Crippen LogP contribution in [0.2, 0.25) is 5.02 Å². The van der Waals surface area contributed by atoms with E-state index in [0.29, 0.717) is 4.57 Å². The van der Waals surface area contributed by atoms with Crippen molar-refractivity contribution in [2.75, 3.05) is 18.7 Å². The minimum atomic E-state index is -4.96. The molecule has 23 heavy (non-hydrogen) atoms. The summed E-state index contributed by atoms with van der Waals surface area (Å²) in [5, 5.41) is 0.0989. The Hall–Kier alpha value is -2.62. The Kier molecular flexibility index (Phi) is 4.03. The van der Waals surface area contributed by atoms with Crippen molar-refractivity contribution in [3.05, 3.63) is 49.8 Å². The third kappa shape index (κ3) is 2.72. The van der Waals surface area contributed by atoms with Crippen LogP contribution in [0.5, 0.6) is 5.75 Å². The fourth-order valence-electron chi connectivity index (χ4n) is 1.96. The summed E-state index contributed by atoms with van der Waals surface area (Å²) in [6.45, 7) is 0. The molecule has 0 aliphatic rings. The molecule has 1 aromatic heterocycles. The van der Waals surface area contributed by atoms with Crippen molar-refractivity contribution in [3.8, 4) is 11.4 Å². The fraction of sp³-hybridized carbons (Fsp3) is 0.167. The van der Waals surface area contributed by atoms with Gasteiger partial charge in [-0.25, -0.2) is 14.0 Å². The van der Waals surface area contributed by atoms with E-state index in [0.717, 1.165) is 0 Å². The molecular formula is C12H10ClF3N4O3. The molecule has 0 unspecified atom stereocenters. The van der Waals surface area contributed by atoms with Gasteiger partial charge in [0, 0.05) is 6.07 Å². The molecule has 0 bridgehead atoms. The number of nitrogens with zero attached hydrogens (tertiary/aromatic N) is 2. The summed E-state index contributed by atoms with van der Waals surface area (Å²) in [5.41, 5.74) is 1.12. The van der Waals surface area contributed by atoms with Crippen LogP contribution in [-0.4, -0.2) is 16.4 Å². The van der Waals surface area contributed by atoms with Crippen LogP contribution in [0, 0.1) is 0 Å². The number of methoxy groups -OCH3 is 1. The van der Waals surface area contributed by atoms with Crippen LogP contribution >= 0.6 is 11.6 Å². The molecule has 0 amide bonds. The van der Waals surface area contributed by atoms with Gasteiger partial charge in [-0.3, -0.25) is 4.79 Å². The van der Waals surface area contributed by atoms with Crippen LogP contribution < -0.4 is 27.6 Å². The second-order valence-corrected chi connectivity index (χ2v) is 4.77. The molecule has 124 valence electrons. The van der Waals surface area contributed by atoms with E-state index in [2.05, 4.69) is 0 Å². The molecule has 0 spiro atoms. The van der Waals surface area contributed by atoms with Gasteiger partial charge in [-0.05, 0) is 12.1 Å². The highest BCUT2D eigenvalue weighted by Gasteiger charge is 2.36. The minimum absolute atomic E-state index is 0.0288. The summed E-state index contributed by atoms with van der Waals surface area (Å²) in [4.78, 5) is 24.0. The molecule has 7 nitrogen and oxygen atoms in total. The number of halogens is 4. The third-order valence-electron chi connectivity index (χ3n) is 3.00. The molecule has 0 fully saturated rings. The van der Waals surface area contributed by atoms with Crippen LogP contribution in [0.25, 0.3) is 5.69 Å². The quantitative estimate of drug-likeness (QED) is 0.620. The van der Waals surface area contributed by atoms with Crippen molar-refractivity contribution in [1.29, 1.82) is 0 Å². The number of hydrogen-bond acceptors (Lipinski definition) is 5. The Labute approximate surface area is 131 Å². The molecule has 0 saturated carbocycles. The lowest BCUT2D eigenvalue weighted by molar-refractivity contribution is -0.143. The smallest absolute Gasteiger partial charge is 0.433 e. The topological polar surface area (TPSA) is 105 Å². The number of nitrogen functional groups attached to an aromatic ring is 2. The fourth-order valence-corrected chi connectivity index (χ4v) is 2.20. The summed E-state index contributed by atoms with van der Waals surface area (Å²) in [7, 11) is 1.25. The van der Waals surface area contributed by atoms with E-state index >= 15 is 0 Å². The van der Waals surface area contributed by atoms with E-state index in [4.69, 9.17) is 27.9 Å². The van der Waals surface area contributed by atoms with E-state index in [1.165, 1.54) is 19.2 Å². The number of nitrogens with two attached hydrogens (primary N) is 2. The largest absolute Gasteiger partial charge is 0.493 e. The molecule has 2 aromatic rings. The average molecular weight is 351 g/mol. The molecule has 1 heterocycles. The highest BCUT2D eigenvalue weighted by Crippen LogP contribution is 2.34. The first-order valence-electron chi connectivity index (χ1n) is 5.93. The molecule has 1 aromatic carbocycles. The van der Waals surface area contributed by atoms with E-state index in [9.17, 15) is 22.8 Å². The van der Waals surface area contributed by atoms with Gasteiger partial charge >= 0.3 is 11.9 Å². The maximum absolute atomic E-state index is 12.7. The van der Waals surface area contributed by atoms with Crippen molar-refractivity contribution in [3.63, 3.8) is 0 Å². The van der Waals surface area contributed by atoms with Gasteiger partial charge in [-0.1, -0.05) is 11.6 Å². The molecule has 0 saturated heterocycles. The van der Waals surface area contributed by atoms with Gasteiger partial charge in [0.1, 0.15) is 5.69 Å². The highest BCUT2D eigenvalue weighted by atomic mass is 35.5. The van der Waals surface area contributed by atoms with Gasteiger partial charge in [-0.2, -0.15) is 13.2 Å². The van der Waals surface area contributed by atoms with Crippen molar-refractivity contribution < 1.29 is 17.9 Å². The molecule has 4 N–H and O–H groups in total. The Morgan fingerprint density at radius 1 is 1.26 bits per heavy atom. The maximum atomic E-state index is 12.7. The Balaban J connectivity index is 2.85. The first-order valence-corrected chi connectivity index (χ1v) is 6.31. The zero-order valence-corrected chi connectivity index (χ0v) is 12.3. The monoisotopic (exact) mass is 350 g/mol. The highest BCUT2D eigenvalue weighted by molar-refractivity contribution is 6.32. The number of aromatic nitrogens is 2. The van der Waals surface area contributed by atoms with E-state index in [1.54, 1.807) is 0 Å². The van der Waals surface area contributed by atoms with Gasteiger partial charge in [0.15, 0.2) is 11.4 Å². The lowest BCUT2D eigenvalue weighted by Crippen LogP contribution is -2.45. The first kappa shape index (κ1) is 16.7. The Morgan fingerprint density at radius 2 is 1.87 bits per heavy atom. The van der Waals surface area contributed by atoms with Crippen molar-refractivity contribution >= 4 is 17.3 Å². The van der Waals surface area contributed by atoms with Crippen molar-refractivity contribution in [2.24, 2.45) is 0 Å². The van der Waals surface area contributed by atoms with Crippen molar-refractivity contribution in [1.82, 2.24) is 9.24 Å². The predicted octanol–water partition coefficient (Wildman–Crippen LogP) is 0.976. The SMILES string of the molecule is COc1c(Cl)ccc(-n2c(=O)cc(C(F)(F)F)n(N)c2=O)c1N. The summed E-state index contributed by atoms with van der Waals surface area (Å²) in [6.07, 6.45) is -4.96. The lowest BCUT2D eigenvalue weighted by atomic mass is 10.2. The molecule has 11 heteroatoms. The standard InChI is InChI=1S/C12H10ClF3N4O3/c1-23-10-5(13)2-3-6(9(10)17)19-8(21)4-7(12(14,15)16)20(18)11(19)22/h2-4H,17-18H2,1H3. The molecule has 2 rings (SSSR count). The van der Waals surface area contributed by atoms with Crippen LogP contribution in [0.15, 0.2) is 27.8 Å². The zero-order valence-electron chi connectivity index (χ0n) is 11.5. The Bertz CT molecular complexity index is 889. The first-order chi connectivity index (χ1) is 10.6. The van der Waals surface area contributed by atoms with Gasteiger partial charge in [0.05, 0.1) is 17.8 Å². The van der Waals surface area contributed by atoms with Crippen LogP contribution in [0.3, 0.4) is 0 Å².